The molecule has 0 spiro atoms. The second kappa shape index (κ2) is 8.69. The Balaban J connectivity index is 0.00000361. The average molecular weight is 397 g/mol. The lowest BCUT2D eigenvalue weighted by molar-refractivity contribution is -0.153. The van der Waals surface area contributed by atoms with Crippen LogP contribution in [-0.4, -0.2) is 49.1 Å². The molecule has 1 rings (SSSR count). The molecular weight excluding hydrogens is 369 g/mol. The third-order valence-electron chi connectivity index (χ3n) is 2.98. The second-order valence-corrected chi connectivity index (χ2v) is 6.18. The Kier molecular flexibility index (Phi) is 8.46. The molecule has 20 heavy (non-hydrogen) atoms. The molecule has 1 heterocycles. The van der Waals surface area contributed by atoms with Gasteiger partial charge in [0.15, 0.2) is 5.96 Å². The number of hydrogen-bond donors (Lipinski definition) is 1. The van der Waals surface area contributed by atoms with Gasteiger partial charge in [0.05, 0.1) is 0 Å². The average Bonchev–Trinajstić information content (AvgIpc) is 2.27. The van der Waals surface area contributed by atoms with E-state index in [1.54, 1.807) is 7.05 Å². The summed E-state index contributed by atoms with van der Waals surface area (Å²) in [7, 11) is 1.75. The van der Waals surface area contributed by atoms with Crippen molar-refractivity contribution in [2.24, 2.45) is 10.9 Å². The smallest absolute Gasteiger partial charge is 0.325 e. The standard InChI is InChI=1S/C14H27N3O2.HI/c1-11-7-6-8-17(10-11)13(15-5)16-9-12(18)19-14(2,3)4;/h11H,6-10H2,1-5H3,(H,15,16);1H. The van der Waals surface area contributed by atoms with Crippen molar-refractivity contribution < 1.29 is 9.53 Å². The van der Waals surface area contributed by atoms with E-state index in [-0.39, 0.29) is 36.5 Å². The molecule has 0 aromatic rings. The number of guanidine groups is 1. The Morgan fingerprint density at radius 2 is 2.10 bits per heavy atom. The van der Waals surface area contributed by atoms with Crippen LogP contribution < -0.4 is 5.32 Å². The predicted molar refractivity (Wildman–Crippen MR) is 92.6 cm³/mol. The summed E-state index contributed by atoms with van der Waals surface area (Å²) in [6.07, 6.45) is 2.44. The van der Waals surface area contributed by atoms with Crippen molar-refractivity contribution in [2.45, 2.75) is 46.1 Å². The van der Waals surface area contributed by atoms with Crippen molar-refractivity contribution in [3.8, 4) is 0 Å². The molecule has 118 valence electrons. The van der Waals surface area contributed by atoms with E-state index in [0.717, 1.165) is 19.0 Å². The number of halogens is 1. The van der Waals surface area contributed by atoms with Crippen LogP contribution in [-0.2, 0) is 9.53 Å². The molecule has 1 unspecified atom stereocenters. The highest BCUT2D eigenvalue weighted by molar-refractivity contribution is 14.0. The third-order valence-corrected chi connectivity index (χ3v) is 2.98. The van der Waals surface area contributed by atoms with Gasteiger partial charge in [0, 0.05) is 20.1 Å². The van der Waals surface area contributed by atoms with E-state index in [2.05, 4.69) is 22.1 Å². The van der Waals surface area contributed by atoms with Crippen LogP contribution >= 0.6 is 24.0 Å². The van der Waals surface area contributed by atoms with Gasteiger partial charge >= 0.3 is 5.97 Å². The molecule has 1 aliphatic heterocycles. The van der Waals surface area contributed by atoms with Crippen LogP contribution in [0.25, 0.3) is 0 Å². The Bertz CT molecular complexity index is 340. The highest BCUT2D eigenvalue weighted by Crippen LogP contribution is 2.15. The van der Waals surface area contributed by atoms with Gasteiger partial charge in [0.1, 0.15) is 12.1 Å². The highest BCUT2D eigenvalue weighted by atomic mass is 127. The number of rotatable bonds is 2. The molecule has 0 amide bonds. The van der Waals surface area contributed by atoms with Crippen molar-refractivity contribution in [2.75, 3.05) is 26.7 Å². The lowest BCUT2D eigenvalue weighted by Gasteiger charge is -2.33. The number of nitrogens with zero attached hydrogens (tertiary/aromatic N) is 2. The maximum absolute atomic E-state index is 11.7. The number of piperidine rings is 1. The van der Waals surface area contributed by atoms with Gasteiger partial charge in [-0.05, 0) is 39.5 Å². The quantitative estimate of drug-likeness (QED) is 0.336. The van der Waals surface area contributed by atoms with Gasteiger partial charge in [-0.3, -0.25) is 9.79 Å². The molecule has 0 aromatic carbocycles. The minimum absolute atomic E-state index is 0. The zero-order valence-electron chi connectivity index (χ0n) is 13.2. The molecule has 5 nitrogen and oxygen atoms in total. The molecular formula is C14H28IN3O2. The van der Waals surface area contributed by atoms with Gasteiger partial charge in [-0.1, -0.05) is 6.92 Å². The van der Waals surface area contributed by atoms with Crippen LogP contribution in [0.2, 0.25) is 0 Å². The van der Waals surface area contributed by atoms with E-state index in [1.807, 2.05) is 20.8 Å². The van der Waals surface area contributed by atoms with Gasteiger partial charge < -0.3 is 15.0 Å². The van der Waals surface area contributed by atoms with E-state index < -0.39 is 5.60 Å². The van der Waals surface area contributed by atoms with Gasteiger partial charge in [0.25, 0.3) is 0 Å². The number of hydrogen-bond acceptors (Lipinski definition) is 3. The van der Waals surface area contributed by atoms with Crippen molar-refractivity contribution in [3.63, 3.8) is 0 Å². The second-order valence-electron chi connectivity index (χ2n) is 6.18. The van der Waals surface area contributed by atoms with E-state index in [1.165, 1.54) is 12.8 Å². The van der Waals surface area contributed by atoms with Gasteiger partial charge in [-0.2, -0.15) is 0 Å². The summed E-state index contributed by atoms with van der Waals surface area (Å²) < 4.78 is 5.27. The lowest BCUT2D eigenvalue weighted by atomic mass is 10.0. The first kappa shape index (κ1) is 19.5. The number of esters is 1. The van der Waals surface area contributed by atoms with Gasteiger partial charge in [-0.15, -0.1) is 24.0 Å². The molecule has 6 heteroatoms. The summed E-state index contributed by atoms with van der Waals surface area (Å²) in [5, 5.41) is 3.08. The third kappa shape index (κ3) is 7.31. The molecule has 1 atom stereocenters. The minimum Gasteiger partial charge on any atom is -0.459 e. The van der Waals surface area contributed by atoms with E-state index in [0.29, 0.717) is 5.92 Å². The van der Waals surface area contributed by atoms with Crippen LogP contribution in [0.15, 0.2) is 4.99 Å². The molecule has 1 N–H and O–H groups in total. The Labute approximate surface area is 139 Å². The van der Waals surface area contributed by atoms with Crippen LogP contribution in [0.5, 0.6) is 0 Å². The van der Waals surface area contributed by atoms with E-state index >= 15 is 0 Å². The predicted octanol–water partition coefficient (Wildman–Crippen LogP) is 2.25. The Morgan fingerprint density at radius 1 is 1.45 bits per heavy atom. The molecule has 0 bridgehead atoms. The van der Waals surface area contributed by atoms with Gasteiger partial charge in [0.2, 0.25) is 0 Å². The number of carbonyl (C=O) groups is 1. The molecule has 0 radical (unpaired) electrons. The SMILES string of the molecule is CN=C(NCC(=O)OC(C)(C)C)N1CCCC(C)C1.I. The monoisotopic (exact) mass is 397 g/mol. The fourth-order valence-electron chi connectivity index (χ4n) is 2.24. The van der Waals surface area contributed by atoms with Crippen molar-refractivity contribution in [1.29, 1.82) is 0 Å². The number of aliphatic imine (C=N–C) groups is 1. The number of carbonyl (C=O) groups excluding carboxylic acids is 1. The Morgan fingerprint density at radius 3 is 2.60 bits per heavy atom. The molecule has 1 fully saturated rings. The van der Waals surface area contributed by atoms with Crippen LogP contribution in [0.1, 0.15) is 40.5 Å². The Hall–Kier alpha value is -0.530. The zero-order chi connectivity index (χ0) is 14.5. The molecule has 0 aliphatic carbocycles. The molecule has 0 saturated carbocycles. The van der Waals surface area contributed by atoms with E-state index in [4.69, 9.17) is 4.74 Å². The van der Waals surface area contributed by atoms with Crippen LogP contribution in [0.3, 0.4) is 0 Å². The summed E-state index contributed by atoms with van der Waals surface area (Å²) in [6.45, 7) is 10.00. The maximum Gasteiger partial charge on any atom is 0.325 e. The normalized spacial score (nSPS) is 20.1. The van der Waals surface area contributed by atoms with Crippen LogP contribution in [0.4, 0.5) is 0 Å². The lowest BCUT2D eigenvalue weighted by Crippen LogP contribution is -2.48. The minimum atomic E-state index is -0.443. The van der Waals surface area contributed by atoms with Crippen molar-refractivity contribution in [1.82, 2.24) is 10.2 Å². The fraction of sp³-hybridized carbons (Fsp3) is 0.857. The summed E-state index contributed by atoms with van der Waals surface area (Å²) in [5.41, 5.74) is -0.443. The number of ether oxygens (including phenoxy) is 1. The van der Waals surface area contributed by atoms with Crippen molar-refractivity contribution in [3.05, 3.63) is 0 Å². The highest BCUT2D eigenvalue weighted by Gasteiger charge is 2.21. The van der Waals surface area contributed by atoms with Crippen LogP contribution in [0, 0.1) is 5.92 Å². The van der Waals surface area contributed by atoms with Crippen molar-refractivity contribution >= 4 is 35.9 Å². The van der Waals surface area contributed by atoms with E-state index in [9.17, 15) is 4.79 Å². The largest absolute Gasteiger partial charge is 0.459 e. The topological polar surface area (TPSA) is 53.9 Å². The summed E-state index contributed by atoms with van der Waals surface area (Å²) in [6, 6.07) is 0. The number of nitrogens with one attached hydrogen (secondary N) is 1. The number of likely N-dealkylation sites (tertiary alicyclic amines) is 1. The summed E-state index contributed by atoms with van der Waals surface area (Å²) >= 11 is 0. The molecule has 1 aliphatic rings. The summed E-state index contributed by atoms with van der Waals surface area (Å²) in [4.78, 5) is 18.1. The summed E-state index contributed by atoms with van der Waals surface area (Å²) in [5.74, 6) is 1.21. The first-order chi connectivity index (χ1) is 8.81. The molecule has 1 saturated heterocycles. The first-order valence-electron chi connectivity index (χ1n) is 6.99. The fourth-order valence-corrected chi connectivity index (χ4v) is 2.24. The maximum atomic E-state index is 11.7. The zero-order valence-corrected chi connectivity index (χ0v) is 15.6. The van der Waals surface area contributed by atoms with Gasteiger partial charge in [-0.25, -0.2) is 0 Å². The molecule has 0 aromatic heterocycles. The first-order valence-corrected chi connectivity index (χ1v) is 6.99.